The van der Waals surface area contributed by atoms with E-state index >= 15 is 0 Å². The summed E-state index contributed by atoms with van der Waals surface area (Å²) in [6.07, 6.45) is 2.31. The van der Waals surface area contributed by atoms with Gasteiger partial charge in [-0.2, -0.15) is 0 Å². The smallest absolute Gasteiger partial charge is 0.254 e. The Morgan fingerprint density at radius 1 is 1.35 bits per heavy atom. The summed E-state index contributed by atoms with van der Waals surface area (Å²) in [6.45, 7) is 3.24. The Balaban J connectivity index is 1.66. The zero-order valence-corrected chi connectivity index (χ0v) is 11.5. The second-order valence-corrected chi connectivity index (χ2v) is 5.16. The van der Waals surface area contributed by atoms with Crippen LogP contribution in [0.3, 0.4) is 0 Å². The van der Waals surface area contributed by atoms with Crippen LogP contribution >= 0.6 is 0 Å². The SMILES string of the molecule is O=C(NCCCN1CCC(O)CC1)c1ccccc1F. The lowest BCUT2D eigenvalue weighted by atomic mass is 10.1. The molecule has 2 N–H and O–H groups in total. The van der Waals surface area contributed by atoms with E-state index in [2.05, 4.69) is 10.2 Å². The number of aliphatic hydroxyl groups excluding tert-OH is 1. The van der Waals surface area contributed by atoms with Crippen molar-refractivity contribution in [3.05, 3.63) is 35.6 Å². The fraction of sp³-hybridized carbons (Fsp3) is 0.533. The average molecular weight is 280 g/mol. The molecule has 1 aliphatic rings. The van der Waals surface area contributed by atoms with E-state index in [9.17, 15) is 14.3 Å². The number of likely N-dealkylation sites (tertiary alicyclic amines) is 1. The minimum absolute atomic E-state index is 0.0913. The van der Waals surface area contributed by atoms with Crippen molar-refractivity contribution in [2.45, 2.75) is 25.4 Å². The Morgan fingerprint density at radius 2 is 2.05 bits per heavy atom. The van der Waals surface area contributed by atoms with E-state index in [1.165, 1.54) is 12.1 Å². The number of rotatable bonds is 5. The molecule has 20 heavy (non-hydrogen) atoms. The number of hydrogen-bond acceptors (Lipinski definition) is 3. The summed E-state index contributed by atoms with van der Waals surface area (Å²) in [5.74, 6) is -0.854. The maximum absolute atomic E-state index is 13.4. The third-order valence-electron chi connectivity index (χ3n) is 3.61. The normalized spacial score (nSPS) is 17.1. The Hall–Kier alpha value is -1.46. The fourth-order valence-electron chi connectivity index (χ4n) is 2.39. The number of hydrogen-bond donors (Lipinski definition) is 2. The van der Waals surface area contributed by atoms with Crippen LogP contribution in [-0.2, 0) is 0 Å². The van der Waals surface area contributed by atoms with Crippen molar-refractivity contribution < 1.29 is 14.3 Å². The van der Waals surface area contributed by atoms with Crippen molar-refractivity contribution in [3.8, 4) is 0 Å². The van der Waals surface area contributed by atoms with Crippen LogP contribution < -0.4 is 5.32 Å². The highest BCUT2D eigenvalue weighted by Gasteiger charge is 2.16. The number of benzene rings is 1. The lowest BCUT2D eigenvalue weighted by Crippen LogP contribution is -2.37. The second kappa shape index (κ2) is 7.36. The van der Waals surface area contributed by atoms with E-state index < -0.39 is 5.82 Å². The molecule has 4 nitrogen and oxygen atoms in total. The Labute approximate surface area is 118 Å². The molecule has 5 heteroatoms. The monoisotopic (exact) mass is 280 g/mol. The predicted molar refractivity (Wildman–Crippen MR) is 75.0 cm³/mol. The van der Waals surface area contributed by atoms with Crippen LogP contribution in [0.25, 0.3) is 0 Å². The number of nitrogens with zero attached hydrogens (tertiary/aromatic N) is 1. The molecule has 1 aromatic carbocycles. The topological polar surface area (TPSA) is 52.6 Å². The van der Waals surface area contributed by atoms with Gasteiger partial charge in [-0.25, -0.2) is 4.39 Å². The van der Waals surface area contributed by atoms with Crippen molar-refractivity contribution >= 4 is 5.91 Å². The molecule has 1 fully saturated rings. The lowest BCUT2D eigenvalue weighted by molar-refractivity contribution is 0.0816. The van der Waals surface area contributed by atoms with Gasteiger partial charge < -0.3 is 15.3 Å². The molecule has 1 aliphatic heterocycles. The molecule has 1 saturated heterocycles. The minimum Gasteiger partial charge on any atom is -0.393 e. The first kappa shape index (κ1) is 14.9. The zero-order chi connectivity index (χ0) is 14.4. The van der Waals surface area contributed by atoms with Gasteiger partial charge in [0.05, 0.1) is 11.7 Å². The van der Waals surface area contributed by atoms with Gasteiger partial charge in [0.25, 0.3) is 5.91 Å². The van der Waals surface area contributed by atoms with E-state index in [1.54, 1.807) is 12.1 Å². The Bertz CT molecular complexity index is 445. The van der Waals surface area contributed by atoms with E-state index in [0.717, 1.165) is 38.9 Å². The average Bonchev–Trinajstić information content (AvgIpc) is 2.46. The number of aliphatic hydroxyl groups is 1. The maximum Gasteiger partial charge on any atom is 0.254 e. The second-order valence-electron chi connectivity index (χ2n) is 5.16. The van der Waals surface area contributed by atoms with E-state index in [-0.39, 0.29) is 17.6 Å². The first-order valence-electron chi connectivity index (χ1n) is 7.10. The Morgan fingerprint density at radius 3 is 2.75 bits per heavy atom. The molecule has 0 aliphatic carbocycles. The summed E-state index contributed by atoms with van der Waals surface area (Å²) in [5, 5.41) is 12.1. The Kier molecular flexibility index (Phi) is 5.49. The third kappa shape index (κ3) is 4.28. The van der Waals surface area contributed by atoms with Gasteiger partial charge in [0.1, 0.15) is 5.82 Å². The van der Waals surface area contributed by atoms with E-state index in [0.29, 0.717) is 6.54 Å². The molecule has 0 atom stereocenters. The van der Waals surface area contributed by atoms with Gasteiger partial charge in [-0.15, -0.1) is 0 Å². The molecule has 1 aromatic rings. The maximum atomic E-state index is 13.4. The number of piperidine rings is 1. The van der Waals surface area contributed by atoms with Gasteiger partial charge in [-0.3, -0.25) is 4.79 Å². The first-order valence-corrected chi connectivity index (χ1v) is 7.10. The highest BCUT2D eigenvalue weighted by Crippen LogP contribution is 2.10. The number of nitrogens with one attached hydrogen (secondary N) is 1. The summed E-state index contributed by atoms with van der Waals surface area (Å²) in [6, 6.07) is 5.98. The van der Waals surface area contributed by atoms with Gasteiger partial charge in [0.15, 0.2) is 0 Å². The molecule has 0 radical (unpaired) electrons. The summed E-state index contributed by atoms with van der Waals surface area (Å²) >= 11 is 0. The van der Waals surface area contributed by atoms with Crippen molar-refractivity contribution in [3.63, 3.8) is 0 Å². The quantitative estimate of drug-likeness (QED) is 0.802. The van der Waals surface area contributed by atoms with Crippen LogP contribution in [0.15, 0.2) is 24.3 Å². The standard InChI is InChI=1S/C15H21FN2O2/c16-14-5-2-1-4-13(14)15(20)17-8-3-9-18-10-6-12(19)7-11-18/h1-2,4-5,12,19H,3,6-11H2,(H,17,20). The molecule has 0 aromatic heterocycles. The van der Waals surface area contributed by atoms with Crippen LogP contribution in [0.2, 0.25) is 0 Å². The first-order chi connectivity index (χ1) is 9.66. The van der Waals surface area contributed by atoms with Crippen LogP contribution in [0.1, 0.15) is 29.6 Å². The fourth-order valence-corrected chi connectivity index (χ4v) is 2.39. The van der Waals surface area contributed by atoms with Crippen molar-refractivity contribution in [1.29, 1.82) is 0 Å². The van der Waals surface area contributed by atoms with Crippen LogP contribution in [0, 0.1) is 5.82 Å². The highest BCUT2D eigenvalue weighted by molar-refractivity contribution is 5.94. The van der Waals surface area contributed by atoms with E-state index in [4.69, 9.17) is 0 Å². The molecule has 0 spiro atoms. The van der Waals surface area contributed by atoms with E-state index in [1.807, 2.05) is 0 Å². The molecule has 1 heterocycles. The van der Waals surface area contributed by atoms with Crippen molar-refractivity contribution in [1.82, 2.24) is 10.2 Å². The molecule has 1 amide bonds. The van der Waals surface area contributed by atoms with Gasteiger partial charge in [0, 0.05) is 19.6 Å². The van der Waals surface area contributed by atoms with Crippen LogP contribution in [-0.4, -0.2) is 48.2 Å². The molecular weight excluding hydrogens is 259 g/mol. The molecule has 110 valence electrons. The summed E-state index contributed by atoms with van der Waals surface area (Å²) in [7, 11) is 0. The van der Waals surface area contributed by atoms with Crippen molar-refractivity contribution in [2.24, 2.45) is 0 Å². The molecule has 0 saturated carbocycles. The molecule has 0 unspecified atom stereocenters. The number of carbonyl (C=O) groups excluding carboxylic acids is 1. The van der Waals surface area contributed by atoms with Gasteiger partial charge >= 0.3 is 0 Å². The number of carbonyl (C=O) groups is 1. The van der Waals surface area contributed by atoms with Gasteiger partial charge in [0.2, 0.25) is 0 Å². The number of amides is 1. The zero-order valence-electron chi connectivity index (χ0n) is 11.5. The summed E-state index contributed by atoms with van der Waals surface area (Å²) in [5.41, 5.74) is 0.0913. The summed E-state index contributed by atoms with van der Waals surface area (Å²) < 4.78 is 13.4. The molecular formula is C15H21FN2O2. The molecule has 0 bridgehead atoms. The minimum atomic E-state index is -0.491. The molecule has 2 rings (SSSR count). The summed E-state index contributed by atoms with van der Waals surface area (Å²) in [4.78, 5) is 14.0. The predicted octanol–water partition coefficient (Wildman–Crippen LogP) is 1.40. The van der Waals surface area contributed by atoms with Crippen molar-refractivity contribution in [2.75, 3.05) is 26.2 Å². The number of halogens is 1. The van der Waals surface area contributed by atoms with Gasteiger partial charge in [-0.05, 0) is 37.9 Å². The third-order valence-corrected chi connectivity index (χ3v) is 3.61. The highest BCUT2D eigenvalue weighted by atomic mass is 19.1. The lowest BCUT2D eigenvalue weighted by Gasteiger charge is -2.29. The largest absolute Gasteiger partial charge is 0.393 e. The van der Waals surface area contributed by atoms with Gasteiger partial charge in [-0.1, -0.05) is 12.1 Å². The van der Waals surface area contributed by atoms with Crippen LogP contribution in [0.4, 0.5) is 4.39 Å². The van der Waals surface area contributed by atoms with Crippen LogP contribution in [0.5, 0.6) is 0 Å².